The van der Waals surface area contributed by atoms with Crippen LogP contribution in [0.15, 0.2) is 30.3 Å². The van der Waals surface area contributed by atoms with E-state index in [1.54, 1.807) is 4.90 Å². The van der Waals surface area contributed by atoms with E-state index in [-0.39, 0.29) is 24.0 Å². The lowest BCUT2D eigenvalue weighted by Crippen LogP contribution is -2.48. The zero-order valence-corrected chi connectivity index (χ0v) is 13.0. The molecule has 0 aliphatic carbocycles. The Bertz CT molecular complexity index is 628. The SMILES string of the molecule is N#CN1C[C@H]2CCN(C(=O)C3CC(c4ccccc4)NN3)[C@H]2C1. The lowest BCUT2D eigenvalue weighted by Gasteiger charge is -2.26. The highest BCUT2D eigenvalue weighted by Gasteiger charge is 2.45. The molecular formula is C17H21N5O. The molecule has 4 atom stereocenters. The van der Waals surface area contributed by atoms with Crippen LogP contribution in [0.4, 0.5) is 0 Å². The average Bonchev–Trinajstić information content (AvgIpc) is 3.30. The Morgan fingerprint density at radius 2 is 2.04 bits per heavy atom. The normalized spacial score (nSPS) is 32.8. The number of hydrogen-bond donors (Lipinski definition) is 2. The van der Waals surface area contributed by atoms with Gasteiger partial charge in [-0.15, -0.1) is 0 Å². The highest BCUT2D eigenvalue weighted by atomic mass is 16.2. The molecule has 3 saturated heterocycles. The number of benzene rings is 1. The number of fused-ring (bicyclic) bond motifs is 1. The van der Waals surface area contributed by atoms with E-state index >= 15 is 0 Å². The van der Waals surface area contributed by atoms with E-state index < -0.39 is 0 Å². The highest BCUT2D eigenvalue weighted by molar-refractivity contribution is 5.83. The summed E-state index contributed by atoms with van der Waals surface area (Å²) in [6.45, 7) is 2.31. The summed E-state index contributed by atoms with van der Waals surface area (Å²) in [4.78, 5) is 16.7. The molecule has 3 aliphatic rings. The Morgan fingerprint density at radius 3 is 2.83 bits per heavy atom. The Labute approximate surface area is 136 Å². The van der Waals surface area contributed by atoms with Crippen LogP contribution in [0, 0.1) is 17.4 Å². The fourth-order valence-corrected chi connectivity index (χ4v) is 4.14. The van der Waals surface area contributed by atoms with Gasteiger partial charge in [0.1, 0.15) is 6.04 Å². The summed E-state index contributed by atoms with van der Waals surface area (Å²) in [7, 11) is 0. The van der Waals surface area contributed by atoms with Crippen LogP contribution < -0.4 is 10.9 Å². The third-order valence-corrected chi connectivity index (χ3v) is 5.38. The van der Waals surface area contributed by atoms with Crippen LogP contribution in [0.5, 0.6) is 0 Å². The zero-order chi connectivity index (χ0) is 15.8. The maximum absolute atomic E-state index is 12.9. The van der Waals surface area contributed by atoms with E-state index in [2.05, 4.69) is 29.2 Å². The highest BCUT2D eigenvalue weighted by Crippen LogP contribution is 2.32. The quantitative estimate of drug-likeness (QED) is 0.783. The van der Waals surface area contributed by atoms with Crippen molar-refractivity contribution in [2.75, 3.05) is 19.6 Å². The monoisotopic (exact) mass is 311 g/mol. The van der Waals surface area contributed by atoms with Gasteiger partial charge in [0.15, 0.2) is 6.19 Å². The number of nitrogens with one attached hydrogen (secondary N) is 2. The standard InChI is InChI=1S/C17H21N5O/c18-11-21-9-13-6-7-22(16(13)10-21)17(23)15-8-14(19-20-15)12-4-2-1-3-5-12/h1-5,13-16,19-20H,6-10H2/t13-,14?,15?,16+/m1/s1. The fourth-order valence-electron chi connectivity index (χ4n) is 4.14. The Balaban J connectivity index is 1.42. The van der Waals surface area contributed by atoms with Crippen molar-refractivity contribution in [2.45, 2.75) is 31.0 Å². The topological polar surface area (TPSA) is 71.4 Å². The lowest BCUT2D eigenvalue weighted by atomic mass is 10.0. The number of hydrogen-bond acceptors (Lipinski definition) is 5. The number of amides is 1. The number of nitriles is 1. The first-order valence-corrected chi connectivity index (χ1v) is 8.27. The molecular weight excluding hydrogens is 290 g/mol. The number of carbonyl (C=O) groups excluding carboxylic acids is 1. The molecule has 0 radical (unpaired) electrons. The molecule has 120 valence electrons. The lowest BCUT2D eigenvalue weighted by molar-refractivity contribution is -0.134. The van der Waals surface area contributed by atoms with Crippen molar-refractivity contribution in [2.24, 2.45) is 5.92 Å². The number of nitrogens with zero attached hydrogens (tertiary/aromatic N) is 3. The van der Waals surface area contributed by atoms with Crippen LogP contribution in [0.1, 0.15) is 24.4 Å². The van der Waals surface area contributed by atoms with Gasteiger partial charge >= 0.3 is 0 Å². The first-order valence-electron chi connectivity index (χ1n) is 8.27. The molecule has 0 aromatic heterocycles. The second kappa shape index (κ2) is 5.84. The minimum absolute atomic E-state index is 0.169. The summed E-state index contributed by atoms with van der Waals surface area (Å²) >= 11 is 0. The summed E-state index contributed by atoms with van der Waals surface area (Å²) in [5, 5.41) is 9.07. The fraction of sp³-hybridized carbons (Fsp3) is 0.529. The molecule has 4 rings (SSSR count). The summed E-state index contributed by atoms with van der Waals surface area (Å²) < 4.78 is 0. The Morgan fingerprint density at radius 1 is 1.22 bits per heavy atom. The van der Waals surface area contributed by atoms with Crippen molar-refractivity contribution >= 4 is 5.91 Å². The third kappa shape index (κ3) is 2.56. The minimum atomic E-state index is -0.185. The number of rotatable bonds is 2. The molecule has 1 amide bonds. The second-order valence-corrected chi connectivity index (χ2v) is 6.69. The van der Waals surface area contributed by atoms with Gasteiger partial charge in [0.25, 0.3) is 0 Å². The number of likely N-dealkylation sites (tertiary alicyclic amines) is 2. The predicted octanol–water partition coefficient (Wildman–Crippen LogP) is 0.608. The van der Waals surface area contributed by atoms with Gasteiger partial charge in [-0.2, -0.15) is 5.26 Å². The largest absolute Gasteiger partial charge is 0.336 e. The van der Waals surface area contributed by atoms with E-state index in [1.165, 1.54) is 5.56 Å². The Kier molecular flexibility index (Phi) is 3.68. The second-order valence-electron chi connectivity index (χ2n) is 6.69. The van der Waals surface area contributed by atoms with Gasteiger partial charge in [-0.1, -0.05) is 30.3 Å². The van der Waals surface area contributed by atoms with Gasteiger partial charge in [-0.05, 0) is 18.4 Å². The van der Waals surface area contributed by atoms with Gasteiger partial charge in [0.2, 0.25) is 5.91 Å². The summed E-state index contributed by atoms with van der Waals surface area (Å²) in [6.07, 6.45) is 3.99. The molecule has 1 aromatic carbocycles. The van der Waals surface area contributed by atoms with Crippen molar-refractivity contribution in [3.05, 3.63) is 35.9 Å². The third-order valence-electron chi connectivity index (χ3n) is 5.38. The van der Waals surface area contributed by atoms with E-state index in [0.717, 1.165) is 25.9 Å². The van der Waals surface area contributed by atoms with Gasteiger partial charge in [-0.3, -0.25) is 4.79 Å². The minimum Gasteiger partial charge on any atom is -0.336 e. The predicted molar refractivity (Wildman–Crippen MR) is 84.7 cm³/mol. The molecule has 0 bridgehead atoms. The molecule has 6 heteroatoms. The van der Waals surface area contributed by atoms with Gasteiger partial charge in [0.05, 0.1) is 6.04 Å². The zero-order valence-electron chi connectivity index (χ0n) is 13.0. The van der Waals surface area contributed by atoms with Crippen LogP contribution >= 0.6 is 0 Å². The molecule has 2 N–H and O–H groups in total. The molecule has 6 nitrogen and oxygen atoms in total. The number of hydrazine groups is 1. The maximum Gasteiger partial charge on any atom is 0.241 e. The smallest absolute Gasteiger partial charge is 0.241 e. The van der Waals surface area contributed by atoms with Gasteiger partial charge in [-0.25, -0.2) is 10.9 Å². The molecule has 2 unspecified atom stereocenters. The molecule has 3 heterocycles. The first-order chi connectivity index (χ1) is 11.3. The van der Waals surface area contributed by atoms with Crippen LogP contribution in [0.3, 0.4) is 0 Å². The van der Waals surface area contributed by atoms with Gasteiger partial charge < -0.3 is 9.80 Å². The van der Waals surface area contributed by atoms with E-state index in [9.17, 15) is 4.79 Å². The van der Waals surface area contributed by atoms with Crippen molar-refractivity contribution in [3.63, 3.8) is 0 Å². The summed E-state index contributed by atoms with van der Waals surface area (Å²) in [5.41, 5.74) is 7.61. The van der Waals surface area contributed by atoms with E-state index in [0.29, 0.717) is 12.5 Å². The molecule has 0 saturated carbocycles. The van der Waals surface area contributed by atoms with E-state index in [4.69, 9.17) is 5.26 Å². The van der Waals surface area contributed by atoms with Crippen molar-refractivity contribution in [1.82, 2.24) is 20.7 Å². The number of carbonyl (C=O) groups is 1. The molecule has 3 aliphatic heterocycles. The molecule has 0 spiro atoms. The van der Waals surface area contributed by atoms with Crippen LogP contribution in [-0.4, -0.2) is 47.4 Å². The van der Waals surface area contributed by atoms with Crippen molar-refractivity contribution in [1.29, 1.82) is 5.26 Å². The van der Waals surface area contributed by atoms with Crippen LogP contribution in [0.25, 0.3) is 0 Å². The maximum atomic E-state index is 12.9. The van der Waals surface area contributed by atoms with Crippen molar-refractivity contribution < 1.29 is 4.79 Å². The average molecular weight is 311 g/mol. The first kappa shape index (κ1) is 14.5. The summed E-state index contributed by atoms with van der Waals surface area (Å²) in [6, 6.07) is 10.4. The molecule has 23 heavy (non-hydrogen) atoms. The van der Waals surface area contributed by atoms with Crippen molar-refractivity contribution in [3.8, 4) is 6.19 Å². The molecule has 3 fully saturated rings. The Hall–Kier alpha value is -2.10. The van der Waals surface area contributed by atoms with Crippen LogP contribution in [0.2, 0.25) is 0 Å². The van der Waals surface area contributed by atoms with E-state index in [1.807, 2.05) is 23.1 Å². The van der Waals surface area contributed by atoms with Crippen LogP contribution in [-0.2, 0) is 4.79 Å². The molecule has 1 aromatic rings. The van der Waals surface area contributed by atoms with Gasteiger partial charge in [0, 0.05) is 31.6 Å². The summed E-state index contributed by atoms with van der Waals surface area (Å²) in [5.74, 6) is 0.626.